The van der Waals surface area contributed by atoms with Gasteiger partial charge in [-0.3, -0.25) is 4.79 Å². The summed E-state index contributed by atoms with van der Waals surface area (Å²) >= 11 is 0. The summed E-state index contributed by atoms with van der Waals surface area (Å²) in [5, 5.41) is 8.93. The van der Waals surface area contributed by atoms with Gasteiger partial charge in [-0.05, 0) is 12.8 Å². The Morgan fingerprint density at radius 1 is 1.58 bits per heavy atom. The average molecular weight is 175 g/mol. The van der Waals surface area contributed by atoms with Crippen LogP contribution in [0.5, 0.6) is 0 Å². The van der Waals surface area contributed by atoms with E-state index >= 15 is 0 Å². The van der Waals surface area contributed by atoms with E-state index in [2.05, 4.69) is 4.84 Å². The molecule has 1 heterocycles. The maximum Gasteiger partial charge on any atom is 0.312 e. The van der Waals surface area contributed by atoms with Crippen molar-refractivity contribution in [2.75, 3.05) is 19.8 Å². The topological polar surface area (TPSA) is 81.8 Å². The van der Waals surface area contributed by atoms with Crippen LogP contribution in [0.4, 0.5) is 0 Å². The molecule has 0 spiro atoms. The molecule has 0 radical (unpaired) electrons. The van der Waals surface area contributed by atoms with Crippen LogP contribution in [-0.4, -0.2) is 30.9 Å². The highest BCUT2D eigenvalue weighted by Crippen LogP contribution is 2.30. The van der Waals surface area contributed by atoms with Crippen molar-refractivity contribution >= 4 is 5.97 Å². The van der Waals surface area contributed by atoms with E-state index in [1.54, 1.807) is 0 Å². The minimum absolute atomic E-state index is 0.0612. The molecule has 1 fully saturated rings. The van der Waals surface area contributed by atoms with Gasteiger partial charge in [-0.1, -0.05) is 0 Å². The smallest absolute Gasteiger partial charge is 0.312 e. The van der Waals surface area contributed by atoms with Gasteiger partial charge in [0, 0.05) is 13.2 Å². The van der Waals surface area contributed by atoms with E-state index in [1.165, 1.54) is 0 Å². The molecular weight excluding hydrogens is 162 g/mol. The quantitative estimate of drug-likeness (QED) is 0.578. The van der Waals surface area contributed by atoms with Crippen molar-refractivity contribution in [3.05, 3.63) is 0 Å². The van der Waals surface area contributed by atoms with Crippen molar-refractivity contribution in [2.24, 2.45) is 11.3 Å². The number of hydrogen-bond donors (Lipinski definition) is 2. The molecule has 0 aromatic rings. The third-order valence-electron chi connectivity index (χ3n) is 2.26. The minimum atomic E-state index is -0.851. The van der Waals surface area contributed by atoms with Gasteiger partial charge in [-0.25, -0.2) is 5.90 Å². The molecule has 0 amide bonds. The second-order valence-corrected chi connectivity index (χ2v) is 3.01. The molecule has 70 valence electrons. The van der Waals surface area contributed by atoms with Crippen molar-refractivity contribution in [1.82, 2.24) is 0 Å². The maximum absolute atomic E-state index is 10.9. The molecule has 0 saturated carbocycles. The zero-order chi connectivity index (χ0) is 9.03. The van der Waals surface area contributed by atoms with Crippen LogP contribution in [0, 0.1) is 5.41 Å². The van der Waals surface area contributed by atoms with Gasteiger partial charge in [0.15, 0.2) is 0 Å². The largest absolute Gasteiger partial charge is 0.481 e. The van der Waals surface area contributed by atoms with E-state index in [4.69, 9.17) is 15.7 Å². The van der Waals surface area contributed by atoms with Crippen LogP contribution in [0.25, 0.3) is 0 Å². The number of carboxylic acid groups (broad SMARTS) is 1. The maximum atomic E-state index is 10.9. The lowest BCUT2D eigenvalue weighted by Crippen LogP contribution is -2.41. The Balaban J connectivity index is 2.63. The third kappa shape index (κ3) is 1.74. The van der Waals surface area contributed by atoms with E-state index in [-0.39, 0.29) is 6.61 Å². The SMILES string of the molecule is NOCC1(C(=O)O)CCOCC1. The van der Waals surface area contributed by atoms with Gasteiger partial charge >= 0.3 is 5.97 Å². The molecule has 3 N–H and O–H groups in total. The Morgan fingerprint density at radius 2 is 2.17 bits per heavy atom. The summed E-state index contributed by atoms with van der Waals surface area (Å²) in [5.74, 6) is 4.03. The van der Waals surface area contributed by atoms with Crippen LogP contribution in [-0.2, 0) is 14.4 Å². The first-order chi connectivity index (χ1) is 5.71. The number of hydrogen-bond acceptors (Lipinski definition) is 4. The summed E-state index contributed by atoms with van der Waals surface area (Å²) in [7, 11) is 0. The van der Waals surface area contributed by atoms with Crippen molar-refractivity contribution in [3.8, 4) is 0 Å². The fourth-order valence-corrected chi connectivity index (χ4v) is 1.34. The molecule has 12 heavy (non-hydrogen) atoms. The number of aliphatic carboxylic acids is 1. The van der Waals surface area contributed by atoms with Crippen molar-refractivity contribution < 1.29 is 19.5 Å². The molecule has 1 aliphatic heterocycles. The molecule has 1 saturated heterocycles. The van der Waals surface area contributed by atoms with Gasteiger partial charge in [0.25, 0.3) is 0 Å². The first kappa shape index (κ1) is 9.44. The van der Waals surface area contributed by atoms with E-state index in [1.807, 2.05) is 0 Å². The van der Waals surface area contributed by atoms with Crippen molar-refractivity contribution in [1.29, 1.82) is 0 Å². The molecule has 5 nitrogen and oxygen atoms in total. The Hall–Kier alpha value is -0.650. The Bertz CT molecular complexity index is 159. The normalized spacial score (nSPS) is 22.1. The molecule has 0 aliphatic carbocycles. The highest BCUT2D eigenvalue weighted by Gasteiger charge is 2.40. The number of ether oxygens (including phenoxy) is 1. The lowest BCUT2D eigenvalue weighted by molar-refractivity contribution is -0.160. The highest BCUT2D eigenvalue weighted by molar-refractivity contribution is 5.74. The molecule has 0 aromatic heterocycles. The van der Waals surface area contributed by atoms with Gasteiger partial charge in [0.1, 0.15) is 0 Å². The summed E-state index contributed by atoms with van der Waals surface area (Å²) in [6, 6.07) is 0. The monoisotopic (exact) mass is 175 g/mol. The van der Waals surface area contributed by atoms with Crippen LogP contribution in [0.3, 0.4) is 0 Å². The summed E-state index contributed by atoms with van der Waals surface area (Å²) in [5.41, 5.74) is -0.826. The van der Waals surface area contributed by atoms with Crippen LogP contribution in [0.15, 0.2) is 0 Å². The van der Waals surface area contributed by atoms with Gasteiger partial charge in [0.05, 0.1) is 12.0 Å². The summed E-state index contributed by atoms with van der Waals surface area (Å²) < 4.78 is 5.06. The Kier molecular flexibility index (Phi) is 3.02. The zero-order valence-electron chi connectivity index (χ0n) is 6.78. The number of rotatable bonds is 3. The molecule has 0 unspecified atom stereocenters. The fourth-order valence-electron chi connectivity index (χ4n) is 1.34. The fraction of sp³-hybridized carbons (Fsp3) is 0.857. The summed E-state index contributed by atoms with van der Waals surface area (Å²) in [6.07, 6.45) is 0.944. The Morgan fingerprint density at radius 3 is 2.58 bits per heavy atom. The predicted molar refractivity (Wildman–Crippen MR) is 40.3 cm³/mol. The van der Waals surface area contributed by atoms with Gasteiger partial charge in [0.2, 0.25) is 0 Å². The molecular formula is C7H13NO4. The van der Waals surface area contributed by atoms with E-state index in [0.29, 0.717) is 26.1 Å². The van der Waals surface area contributed by atoms with Crippen LogP contribution < -0.4 is 5.90 Å². The second-order valence-electron chi connectivity index (χ2n) is 3.01. The van der Waals surface area contributed by atoms with Crippen molar-refractivity contribution in [2.45, 2.75) is 12.8 Å². The third-order valence-corrected chi connectivity index (χ3v) is 2.26. The molecule has 1 aliphatic rings. The van der Waals surface area contributed by atoms with Crippen LogP contribution in [0.2, 0.25) is 0 Å². The molecule has 5 heteroatoms. The standard InChI is InChI=1S/C7H13NO4/c8-12-5-7(6(9)10)1-3-11-4-2-7/h1-5,8H2,(H,9,10). The molecule has 0 atom stereocenters. The van der Waals surface area contributed by atoms with E-state index < -0.39 is 11.4 Å². The van der Waals surface area contributed by atoms with Crippen LogP contribution >= 0.6 is 0 Å². The predicted octanol–water partition coefficient (Wildman–Crippen LogP) is -0.242. The molecule has 0 bridgehead atoms. The van der Waals surface area contributed by atoms with Crippen LogP contribution in [0.1, 0.15) is 12.8 Å². The highest BCUT2D eigenvalue weighted by atomic mass is 16.6. The molecule has 0 aromatic carbocycles. The lowest BCUT2D eigenvalue weighted by Gasteiger charge is -2.31. The first-order valence-electron chi connectivity index (χ1n) is 3.84. The molecule has 1 rings (SSSR count). The van der Waals surface area contributed by atoms with Gasteiger partial charge in [-0.15, -0.1) is 0 Å². The summed E-state index contributed by atoms with van der Waals surface area (Å²) in [6.45, 7) is 0.997. The summed E-state index contributed by atoms with van der Waals surface area (Å²) in [4.78, 5) is 15.3. The minimum Gasteiger partial charge on any atom is -0.481 e. The van der Waals surface area contributed by atoms with Gasteiger partial charge < -0.3 is 14.7 Å². The second kappa shape index (κ2) is 3.84. The van der Waals surface area contributed by atoms with Gasteiger partial charge in [-0.2, -0.15) is 0 Å². The Labute approximate surface area is 70.4 Å². The lowest BCUT2D eigenvalue weighted by atomic mass is 9.81. The number of carboxylic acids is 1. The first-order valence-corrected chi connectivity index (χ1v) is 3.84. The average Bonchev–Trinajstić information content (AvgIpc) is 2.06. The van der Waals surface area contributed by atoms with E-state index in [0.717, 1.165) is 0 Å². The number of nitrogens with two attached hydrogens (primary N) is 1. The van der Waals surface area contributed by atoms with Crippen molar-refractivity contribution in [3.63, 3.8) is 0 Å². The number of carbonyl (C=O) groups is 1. The van der Waals surface area contributed by atoms with E-state index in [9.17, 15) is 4.79 Å². The zero-order valence-corrected chi connectivity index (χ0v) is 6.78.